The van der Waals surface area contributed by atoms with Crippen molar-refractivity contribution in [3.63, 3.8) is 0 Å². The van der Waals surface area contributed by atoms with Gasteiger partial charge in [0.1, 0.15) is 22.5 Å². The molecule has 3 rings (SSSR count). The molecular weight excluding hydrogens is 273 g/mol. The minimum absolute atomic E-state index is 0.0358. The van der Waals surface area contributed by atoms with Crippen LogP contribution in [0.25, 0.3) is 10.2 Å². The Balaban J connectivity index is 1.83. The van der Waals surface area contributed by atoms with Crippen molar-refractivity contribution in [1.82, 2.24) is 4.98 Å². The van der Waals surface area contributed by atoms with E-state index in [1.165, 1.54) is 6.07 Å². The normalized spacial score (nSPS) is 10.4. The largest absolute Gasteiger partial charge is 0.377 e. The van der Waals surface area contributed by atoms with Crippen LogP contribution in [0.2, 0.25) is 0 Å². The van der Waals surface area contributed by atoms with Gasteiger partial charge in [0.2, 0.25) is 0 Å². The summed E-state index contributed by atoms with van der Waals surface area (Å²) in [6, 6.07) is 14.3. The molecule has 5 heteroatoms. The molecule has 1 heterocycles. The smallest absolute Gasteiger partial charge is 0.143 e. The zero-order chi connectivity index (χ0) is 13.9. The molecule has 0 unspecified atom stereocenters. The summed E-state index contributed by atoms with van der Waals surface area (Å²) in [6.45, 7) is 0.470. The van der Waals surface area contributed by atoms with Gasteiger partial charge in [-0.2, -0.15) is 5.26 Å². The molecule has 98 valence electrons. The molecule has 0 radical (unpaired) electrons. The molecule has 1 aromatic heterocycles. The summed E-state index contributed by atoms with van der Waals surface area (Å²) in [5.41, 5.74) is 1.48. The van der Waals surface area contributed by atoms with Gasteiger partial charge in [0, 0.05) is 0 Å². The van der Waals surface area contributed by atoms with Crippen LogP contribution in [-0.2, 0) is 6.54 Å². The van der Waals surface area contributed by atoms with Crippen LogP contribution >= 0.6 is 11.3 Å². The molecular formula is C15H10FN3S. The molecule has 0 aliphatic heterocycles. The van der Waals surface area contributed by atoms with Crippen LogP contribution in [0.3, 0.4) is 0 Å². The van der Waals surface area contributed by atoms with Gasteiger partial charge in [-0.1, -0.05) is 18.2 Å². The fourth-order valence-electron chi connectivity index (χ4n) is 1.95. The van der Waals surface area contributed by atoms with Crippen molar-refractivity contribution < 1.29 is 4.39 Å². The van der Waals surface area contributed by atoms with Gasteiger partial charge in [0.25, 0.3) is 0 Å². The number of benzene rings is 2. The number of hydrogen-bond donors (Lipinski definition) is 1. The van der Waals surface area contributed by atoms with Gasteiger partial charge in [0.15, 0.2) is 0 Å². The van der Waals surface area contributed by atoms with Gasteiger partial charge < -0.3 is 5.32 Å². The third-order valence-corrected chi connectivity index (χ3v) is 3.93. The molecule has 3 nitrogen and oxygen atoms in total. The highest BCUT2D eigenvalue weighted by Crippen LogP contribution is 2.23. The quantitative estimate of drug-likeness (QED) is 0.792. The highest BCUT2D eigenvalue weighted by Gasteiger charge is 2.08. The Morgan fingerprint density at radius 1 is 1.20 bits per heavy atom. The first kappa shape index (κ1) is 12.6. The van der Waals surface area contributed by atoms with E-state index in [0.717, 1.165) is 15.2 Å². The summed E-state index contributed by atoms with van der Waals surface area (Å²) < 4.78 is 14.6. The average molecular weight is 283 g/mol. The number of anilines is 1. The van der Waals surface area contributed by atoms with Crippen LogP contribution in [-0.4, -0.2) is 4.98 Å². The van der Waals surface area contributed by atoms with E-state index < -0.39 is 5.82 Å². The third-order valence-electron chi connectivity index (χ3n) is 2.89. The van der Waals surface area contributed by atoms with E-state index in [0.29, 0.717) is 12.2 Å². The third kappa shape index (κ3) is 2.33. The maximum Gasteiger partial charge on any atom is 0.143 e. The second kappa shape index (κ2) is 5.27. The lowest BCUT2D eigenvalue weighted by atomic mass is 10.2. The second-order valence-corrected chi connectivity index (χ2v) is 5.32. The van der Waals surface area contributed by atoms with Crippen LogP contribution < -0.4 is 5.32 Å². The van der Waals surface area contributed by atoms with Crippen LogP contribution in [0.5, 0.6) is 0 Å². The Morgan fingerprint density at radius 2 is 2.05 bits per heavy atom. The Labute approximate surface area is 119 Å². The molecule has 0 bridgehead atoms. The number of hydrogen-bond acceptors (Lipinski definition) is 4. The van der Waals surface area contributed by atoms with Gasteiger partial charge in [-0.05, 0) is 24.3 Å². The molecule has 0 aliphatic carbocycles. The number of aromatic nitrogens is 1. The topological polar surface area (TPSA) is 48.7 Å². The van der Waals surface area contributed by atoms with E-state index in [1.54, 1.807) is 23.5 Å². The van der Waals surface area contributed by atoms with Crippen molar-refractivity contribution in [2.45, 2.75) is 6.54 Å². The van der Waals surface area contributed by atoms with E-state index in [1.807, 2.05) is 30.3 Å². The minimum atomic E-state index is -0.512. The molecule has 0 fully saturated rings. The van der Waals surface area contributed by atoms with E-state index in [4.69, 9.17) is 5.26 Å². The molecule has 20 heavy (non-hydrogen) atoms. The molecule has 0 spiro atoms. The maximum absolute atomic E-state index is 13.5. The fourth-order valence-corrected chi connectivity index (χ4v) is 2.86. The Hall–Kier alpha value is -2.45. The van der Waals surface area contributed by atoms with Gasteiger partial charge in [-0.3, -0.25) is 0 Å². The van der Waals surface area contributed by atoms with E-state index in [-0.39, 0.29) is 5.56 Å². The first-order valence-electron chi connectivity index (χ1n) is 6.05. The summed E-state index contributed by atoms with van der Waals surface area (Å²) in [6.07, 6.45) is 0. The lowest BCUT2D eigenvalue weighted by Gasteiger charge is -2.06. The number of nitriles is 1. The fraction of sp³-hybridized carbons (Fsp3) is 0.0667. The van der Waals surface area contributed by atoms with Crippen LogP contribution in [0.15, 0.2) is 42.5 Å². The predicted molar refractivity (Wildman–Crippen MR) is 78.1 cm³/mol. The van der Waals surface area contributed by atoms with Crippen molar-refractivity contribution in [3.05, 3.63) is 58.9 Å². The molecule has 0 amide bonds. The van der Waals surface area contributed by atoms with Crippen molar-refractivity contribution in [1.29, 1.82) is 5.26 Å². The maximum atomic E-state index is 13.5. The van der Waals surface area contributed by atoms with E-state index in [2.05, 4.69) is 10.3 Å². The molecule has 0 aliphatic rings. The monoisotopic (exact) mass is 283 g/mol. The number of halogens is 1. The summed E-state index contributed by atoms with van der Waals surface area (Å²) >= 11 is 1.58. The van der Waals surface area contributed by atoms with E-state index in [9.17, 15) is 4.39 Å². The first-order chi connectivity index (χ1) is 9.78. The number of rotatable bonds is 3. The number of para-hydroxylation sites is 1. The lowest BCUT2D eigenvalue weighted by molar-refractivity contribution is 0.624. The molecule has 1 N–H and O–H groups in total. The molecule has 0 atom stereocenters. The van der Waals surface area contributed by atoms with Crippen molar-refractivity contribution in [2.24, 2.45) is 0 Å². The predicted octanol–water partition coefficient (Wildman–Crippen LogP) is 3.92. The Kier molecular flexibility index (Phi) is 3.32. The van der Waals surface area contributed by atoms with E-state index >= 15 is 0 Å². The molecule has 2 aromatic carbocycles. The van der Waals surface area contributed by atoms with Crippen molar-refractivity contribution in [2.75, 3.05) is 5.32 Å². The summed E-state index contributed by atoms with van der Waals surface area (Å²) in [7, 11) is 0. The lowest BCUT2D eigenvalue weighted by Crippen LogP contribution is -2.02. The number of thiazole rings is 1. The van der Waals surface area contributed by atoms with Gasteiger partial charge in [-0.15, -0.1) is 11.3 Å². The van der Waals surface area contributed by atoms with Gasteiger partial charge >= 0.3 is 0 Å². The number of nitrogens with zero attached hydrogens (tertiary/aromatic N) is 2. The SMILES string of the molecule is N#Cc1c(F)cccc1NCc1nc2ccccc2s1. The van der Waals surface area contributed by atoms with Crippen LogP contribution in [0.4, 0.5) is 10.1 Å². The second-order valence-electron chi connectivity index (χ2n) is 4.20. The standard InChI is InChI=1S/C15H10FN3S/c16-11-4-3-6-12(10(11)8-17)18-9-15-19-13-5-1-2-7-14(13)20-15/h1-7,18H,9H2. The summed E-state index contributed by atoms with van der Waals surface area (Å²) in [4.78, 5) is 4.49. The average Bonchev–Trinajstić information content (AvgIpc) is 2.88. The summed E-state index contributed by atoms with van der Waals surface area (Å²) in [5, 5.41) is 12.9. The summed E-state index contributed by atoms with van der Waals surface area (Å²) in [5.74, 6) is -0.512. The first-order valence-corrected chi connectivity index (χ1v) is 6.86. The highest BCUT2D eigenvalue weighted by molar-refractivity contribution is 7.18. The number of nitrogens with one attached hydrogen (secondary N) is 1. The Bertz CT molecular complexity index is 771. The zero-order valence-corrected chi connectivity index (χ0v) is 11.2. The van der Waals surface area contributed by atoms with Crippen LogP contribution in [0.1, 0.15) is 10.6 Å². The van der Waals surface area contributed by atoms with Crippen LogP contribution in [0, 0.1) is 17.1 Å². The number of fused-ring (bicyclic) bond motifs is 1. The highest BCUT2D eigenvalue weighted by atomic mass is 32.1. The molecule has 0 saturated carbocycles. The Morgan fingerprint density at radius 3 is 2.85 bits per heavy atom. The van der Waals surface area contributed by atoms with Crippen molar-refractivity contribution >= 4 is 27.2 Å². The zero-order valence-electron chi connectivity index (χ0n) is 10.4. The molecule has 0 saturated heterocycles. The minimum Gasteiger partial charge on any atom is -0.377 e. The van der Waals surface area contributed by atoms with Gasteiger partial charge in [0.05, 0.1) is 22.4 Å². The molecule has 3 aromatic rings. The van der Waals surface area contributed by atoms with Crippen molar-refractivity contribution in [3.8, 4) is 6.07 Å². The van der Waals surface area contributed by atoms with Gasteiger partial charge in [-0.25, -0.2) is 9.37 Å².